The Morgan fingerprint density at radius 2 is 2.13 bits per heavy atom. The fraction of sp³-hybridized carbons (Fsp3) is 0.909. The van der Waals surface area contributed by atoms with Crippen LogP contribution in [0.5, 0.6) is 0 Å². The van der Waals surface area contributed by atoms with Gasteiger partial charge in [-0.05, 0) is 52.4 Å². The van der Waals surface area contributed by atoms with Gasteiger partial charge in [0, 0.05) is 0 Å². The van der Waals surface area contributed by atoms with Crippen molar-refractivity contribution in [3.05, 3.63) is 0 Å². The number of esters is 1. The van der Waals surface area contributed by atoms with E-state index in [0.717, 1.165) is 6.54 Å². The number of methoxy groups -OCH3 is 1. The molecule has 0 unspecified atom stereocenters. The molecule has 1 saturated heterocycles. The maximum Gasteiger partial charge on any atom is 0.322 e. The predicted molar refractivity (Wildman–Crippen MR) is 59.7 cm³/mol. The number of carbonyl (C=O) groups is 1. The van der Waals surface area contributed by atoms with Crippen LogP contribution in [0.15, 0.2) is 0 Å². The third-order valence-electron chi connectivity index (χ3n) is 3.11. The molecule has 0 saturated carbocycles. The van der Waals surface area contributed by atoms with Crippen LogP contribution in [-0.2, 0) is 9.53 Å². The lowest BCUT2D eigenvalue weighted by Crippen LogP contribution is -2.41. The minimum atomic E-state index is -0.186. The zero-order chi connectivity index (χ0) is 11.3. The fourth-order valence-electron chi connectivity index (χ4n) is 1.87. The van der Waals surface area contributed by atoms with Crippen molar-refractivity contribution in [1.29, 1.82) is 0 Å². The number of nitrogens with one attached hydrogen (secondary N) is 1. The predicted octanol–water partition coefficient (Wildman–Crippen LogP) is 0.479. The van der Waals surface area contributed by atoms with Crippen molar-refractivity contribution in [2.24, 2.45) is 5.92 Å². The summed E-state index contributed by atoms with van der Waals surface area (Å²) in [5, 5.41) is 3.22. The second kappa shape index (κ2) is 6.08. The highest BCUT2D eigenvalue weighted by molar-refractivity contribution is 5.75. The van der Waals surface area contributed by atoms with E-state index in [0.29, 0.717) is 5.92 Å². The third-order valence-corrected chi connectivity index (χ3v) is 3.11. The molecular weight excluding hydrogens is 192 g/mol. The van der Waals surface area contributed by atoms with Crippen LogP contribution in [0.1, 0.15) is 19.8 Å². The molecule has 0 aromatic carbocycles. The minimum absolute atomic E-state index is 0.178. The molecule has 1 N–H and O–H groups in total. The number of ether oxygens (including phenoxy) is 1. The van der Waals surface area contributed by atoms with Gasteiger partial charge in [-0.2, -0.15) is 0 Å². The highest BCUT2D eigenvalue weighted by atomic mass is 16.5. The quantitative estimate of drug-likeness (QED) is 0.691. The smallest absolute Gasteiger partial charge is 0.322 e. The van der Waals surface area contributed by atoms with Gasteiger partial charge in [0.2, 0.25) is 0 Å². The number of carbonyl (C=O) groups excluding carboxylic acids is 1. The standard InChI is InChI=1S/C11H22N2O2/c1-9(11(14)15-3)12-8-10-4-6-13(2)7-5-10/h9-10,12H,4-8H2,1-3H3/t9-/m0/s1. The number of piperidine rings is 1. The molecular formula is C11H22N2O2. The van der Waals surface area contributed by atoms with Crippen LogP contribution in [0.25, 0.3) is 0 Å². The third kappa shape index (κ3) is 4.18. The molecule has 0 spiro atoms. The van der Waals surface area contributed by atoms with Crippen LogP contribution in [-0.4, -0.2) is 50.7 Å². The maximum atomic E-state index is 11.1. The first-order valence-electron chi connectivity index (χ1n) is 5.63. The summed E-state index contributed by atoms with van der Waals surface area (Å²) in [6.45, 7) is 5.10. The van der Waals surface area contributed by atoms with Crippen LogP contribution >= 0.6 is 0 Å². The first kappa shape index (κ1) is 12.5. The Labute approximate surface area is 92.0 Å². The molecule has 1 aliphatic rings. The highest BCUT2D eigenvalue weighted by Gasteiger charge is 2.19. The van der Waals surface area contributed by atoms with E-state index in [9.17, 15) is 4.79 Å². The zero-order valence-electron chi connectivity index (χ0n) is 9.95. The van der Waals surface area contributed by atoms with Crippen LogP contribution in [0.3, 0.4) is 0 Å². The molecule has 4 nitrogen and oxygen atoms in total. The van der Waals surface area contributed by atoms with E-state index in [-0.39, 0.29) is 12.0 Å². The molecule has 1 fully saturated rings. The molecule has 15 heavy (non-hydrogen) atoms. The molecule has 0 radical (unpaired) electrons. The maximum absolute atomic E-state index is 11.1. The van der Waals surface area contributed by atoms with E-state index in [4.69, 9.17) is 0 Å². The summed E-state index contributed by atoms with van der Waals surface area (Å²) in [6.07, 6.45) is 2.44. The van der Waals surface area contributed by atoms with Gasteiger partial charge < -0.3 is 15.0 Å². The fourth-order valence-corrected chi connectivity index (χ4v) is 1.87. The van der Waals surface area contributed by atoms with Gasteiger partial charge in [-0.15, -0.1) is 0 Å². The van der Waals surface area contributed by atoms with E-state index in [1.165, 1.54) is 33.0 Å². The van der Waals surface area contributed by atoms with Gasteiger partial charge >= 0.3 is 5.97 Å². The normalized spacial score (nSPS) is 21.3. The Balaban J connectivity index is 2.17. The van der Waals surface area contributed by atoms with Crippen molar-refractivity contribution < 1.29 is 9.53 Å². The van der Waals surface area contributed by atoms with Crippen molar-refractivity contribution in [3.8, 4) is 0 Å². The Kier molecular flexibility index (Phi) is 5.05. The van der Waals surface area contributed by atoms with Gasteiger partial charge in [-0.3, -0.25) is 4.79 Å². The van der Waals surface area contributed by atoms with E-state index in [2.05, 4.69) is 22.0 Å². The first-order chi connectivity index (χ1) is 7.13. The summed E-state index contributed by atoms with van der Waals surface area (Å²) in [5.41, 5.74) is 0. The number of hydrogen-bond donors (Lipinski definition) is 1. The molecule has 1 aliphatic heterocycles. The topological polar surface area (TPSA) is 41.6 Å². The van der Waals surface area contributed by atoms with Gasteiger partial charge in [0.15, 0.2) is 0 Å². The SMILES string of the molecule is COC(=O)[C@H](C)NCC1CCN(C)CC1. The van der Waals surface area contributed by atoms with Crippen LogP contribution in [0, 0.1) is 5.92 Å². The number of rotatable bonds is 4. The second-order valence-corrected chi connectivity index (χ2v) is 4.40. The Morgan fingerprint density at radius 3 is 2.67 bits per heavy atom. The highest BCUT2D eigenvalue weighted by Crippen LogP contribution is 2.14. The summed E-state index contributed by atoms with van der Waals surface area (Å²) in [6, 6.07) is -0.186. The van der Waals surface area contributed by atoms with E-state index in [1.54, 1.807) is 0 Å². The van der Waals surface area contributed by atoms with Crippen molar-refractivity contribution in [2.75, 3.05) is 33.8 Å². The van der Waals surface area contributed by atoms with Crippen molar-refractivity contribution in [1.82, 2.24) is 10.2 Å². The lowest BCUT2D eigenvalue weighted by atomic mass is 9.97. The van der Waals surface area contributed by atoms with Gasteiger partial charge in [0.05, 0.1) is 7.11 Å². The van der Waals surface area contributed by atoms with Crippen LogP contribution in [0.2, 0.25) is 0 Å². The van der Waals surface area contributed by atoms with Crippen LogP contribution in [0.4, 0.5) is 0 Å². The molecule has 0 aromatic rings. The molecule has 0 aliphatic carbocycles. The number of nitrogens with zero attached hydrogens (tertiary/aromatic N) is 1. The van der Waals surface area contributed by atoms with Gasteiger partial charge in [0.25, 0.3) is 0 Å². The molecule has 0 amide bonds. The largest absolute Gasteiger partial charge is 0.468 e. The lowest BCUT2D eigenvalue weighted by molar-refractivity contribution is -0.142. The Bertz CT molecular complexity index is 201. The van der Waals surface area contributed by atoms with Crippen LogP contribution < -0.4 is 5.32 Å². The molecule has 1 heterocycles. The Morgan fingerprint density at radius 1 is 1.53 bits per heavy atom. The average molecular weight is 214 g/mol. The minimum Gasteiger partial charge on any atom is -0.468 e. The number of likely N-dealkylation sites (tertiary alicyclic amines) is 1. The molecule has 0 aromatic heterocycles. The zero-order valence-corrected chi connectivity index (χ0v) is 9.95. The second-order valence-electron chi connectivity index (χ2n) is 4.40. The first-order valence-corrected chi connectivity index (χ1v) is 5.63. The van der Waals surface area contributed by atoms with Crippen molar-refractivity contribution >= 4 is 5.97 Å². The van der Waals surface area contributed by atoms with Crippen molar-refractivity contribution in [2.45, 2.75) is 25.8 Å². The van der Waals surface area contributed by atoms with Gasteiger partial charge in [-0.1, -0.05) is 0 Å². The summed E-state index contributed by atoms with van der Waals surface area (Å²) in [7, 11) is 3.58. The Hall–Kier alpha value is -0.610. The van der Waals surface area contributed by atoms with E-state index in [1.807, 2.05) is 6.92 Å². The molecule has 1 atom stereocenters. The summed E-state index contributed by atoms with van der Waals surface area (Å²) in [4.78, 5) is 13.5. The van der Waals surface area contributed by atoms with E-state index >= 15 is 0 Å². The average Bonchev–Trinajstić information content (AvgIpc) is 2.26. The monoisotopic (exact) mass is 214 g/mol. The van der Waals surface area contributed by atoms with Gasteiger partial charge in [0.1, 0.15) is 6.04 Å². The number of hydrogen-bond acceptors (Lipinski definition) is 4. The summed E-state index contributed by atoms with van der Waals surface area (Å²) < 4.78 is 4.66. The summed E-state index contributed by atoms with van der Waals surface area (Å²) >= 11 is 0. The van der Waals surface area contributed by atoms with E-state index < -0.39 is 0 Å². The molecule has 0 bridgehead atoms. The molecule has 1 rings (SSSR count). The van der Waals surface area contributed by atoms with Gasteiger partial charge in [-0.25, -0.2) is 0 Å². The summed E-state index contributed by atoms with van der Waals surface area (Å²) in [5.74, 6) is 0.524. The lowest BCUT2D eigenvalue weighted by Gasteiger charge is -2.29. The van der Waals surface area contributed by atoms with Crippen molar-refractivity contribution in [3.63, 3.8) is 0 Å². The molecule has 88 valence electrons. The molecule has 4 heteroatoms.